The third kappa shape index (κ3) is 5.05. The maximum atomic E-state index is 13.1. The smallest absolute Gasteiger partial charge is 0.325 e. The number of amides is 5. The molecule has 1 fully saturated rings. The van der Waals surface area contributed by atoms with Crippen LogP contribution in [0.15, 0.2) is 78.9 Å². The molecule has 3 aromatic rings. The molecule has 1 saturated heterocycles. The van der Waals surface area contributed by atoms with Crippen molar-refractivity contribution >= 4 is 29.4 Å². The van der Waals surface area contributed by atoms with E-state index in [0.29, 0.717) is 17.9 Å². The molecule has 184 valence electrons. The van der Waals surface area contributed by atoms with Crippen LogP contribution in [0.3, 0.4) is 0 Å². The van der Waals surface area contributed by atoms with Crippen LogP contribution in [-0.4, -0.2) is 42.3 Å². The highest BCUT2D eigenvalue weighted by Crippen LogP contribution is 2.30. The number of benzene rings is 3. The van der Waals surface area contributed by atoms with E-state index in [1.54, 1.807) is 55.5 Å². The van der Waals surface area contributed by atoms with Crippen molar-refractivity contribution in [1.82, 2.24) is 15.5 Å². The van der Waals surface area contributed by atoms with E-state index in [4.69, 9.17) is 4.74 Å². The van der Waals surface area contributed by atoms with Gasteiger partial charge in [-0.25, -0.2) is 4.79 Å². The highest BCUT2D eigenvalue weighted by atomic mass is 16.5. The summed E-state index contributed by atoms with van der Waals surface area (Å²) in [5.74, 6) is -0.916. The van der Waals surface area contributed by atoms with Crippen molar-refractivity contribution in [3.8, 4) is 5.75 Å². The normalized spacial score (nSPS) is 16.9. The van der Waals surface area contributed by atoms with Gasteiger partial charge in [-0.3, -0.25) is 19.3 Å². The zero-order valence-electron chi connectivity index (χ0n) is 19.9. The molecule has 3 N–H and O–H groups in total. The number of para-hydroxylation sites is 1. The topological polar surface area (TPSA) is 117 Å². The molecule has 3 aromatic carbocycles. The Kier molecular flexibility index (Phi) is 7.00. The molecule has 0 aliphatic carbocycles. The molecule has 1 aliphatic rings. The summed E-state index contributed by atoms with van der Waals surface area (Å²) in [6.45, 7) is 1.41. The van der Waals surface area contributed by atoms with Gasteiger partial charge in [0, 0.05) is 6.54 Å². The summed E-state index contributed by atoms with van der Waals surface area (Å²) in [4.78, 5) is 52.2. The van der Waals surface area contributed by atoms with Gasteiger partial charge in [0.15, 0.2) is 0 Å². The van der Waals surface area contributed by atoms with E-state index in [1.807, 2.05) is 30.3 Å². The number of imide groups is 1. The fourth-order valence-corrected chi connectivity index (χ4v) is 3.96. The van der Waals surface area contributed by atoms with Gasteiger partial charge in [-0.15, -0.1) is 0 Å². The Labute approximate surface area is 208 Å². The minimum Gasteiger partial charge on any atom is -0.497 e. The molecule has 4 rings (SSSR count). The third-order valence-electron chi connectivity index (χ3n) is 5.99. The second-order valence-corrected chi connectivity index (χ2v) is 8.44. The van der Waals surface area contributed by atoms with Crippen molar-refractivity contribution < 1.29 is 23.9 Å². The lowest BCUT2D eigenvalue weighted by Gasteiger charge is -2.22. The molecule has 1 heterocycles. The number of nitrogens with zero attached hydrogens (tertiary/aromatic N) is 1. The van der Waals surface area contributed by atoms with Crippen LogP contribution in [0.2, 0.25) is 0 Å². The number of nitrogens with one attached hydrogen (secondary N) is 3. The molecule has 0 bridgehead atoms. The zero-order valence-corrected chi connectivity index (χ0v) is 19.9. The van der Waals surface area contributed by atoms with Gasteiger partial charge in [-0.05, 0) is 42.3 Å². The maximum absolute atomic E-state index is 13.1. The van der Waals surface area contributed by atoms with Crippen LogP contribution in [0.25, 0.3) is 0 Å². The minimum atomic E-state index is -1.32. The van der Waals surface area contributed by atoms with Crippen molar-refractivity contribution in [2.75, 3.05) is 19.0 Å². The Balaban J connectivity index is 1.43. The van der Waals surface area contributed by atoms with Crippen molar-refractivity contribution in [3.05, 3.63) is 95.6 Å². The number of urea groups is 1. The lowest BCUT2D eigenvalue weighted by molar-refractivity contribution is -0.133. The van der Waals surface area contributed by atoms with Crippen LogP contribution in [0.1, 0.15) is 28.4 Å². The fourth-order valence-electron chi connectivity index (χ4n) is 3.96. The fraction of sp³-hybridized carbons (Fsp3) is 0.185. The number of anilines is 1. The Morgan fingerprint density at radius 3 is 2.31 bits per heavy atom. The first kappa shape index (κ1) is 24.5. The molecule has 5 amide bonds. The van der Waals surface area contributed by atoms with Crippen molar-refractivity contribution in [2.24, 2.45) is 0 Å². The number of carbonyl (C=O) groups excluding carboxylic acids is 4. The van der Waals surface area contributed by atoms with Gasteiger partial charge in [0.2, 0.25) is 5.91 Å². The molecular formula is C27H26N4O5. The van der Waals surface area contributed by atoms with E-state index in [0.717, 1.165) is 10.5 Å². The first-order valence-electron chi connectivity index (χ1n) is 11.3. The Bertz CT molecular complexity index is 1290. The lowest BCUT2D eigenvalue weighted by atomic mass is 9.92. The number of methoxy groups -OCH3 is 1. The molecule has 9 nitrogen and oxygen atoms in total. The highest BCUT2D eigenvalue weighted by molar-refractivity contribution is 6.11. The van der Waals surface area contributed by atoms with E-state index >= 15 is 0 Å². The average molecular weight is 487 g/mol. The predicted octanol–water partition coefficient (Wildman–Crippen LogP) is 3.03. The molecule has 9 heteroatoms. The summed E-state index contributed by atoms with van der Waals surface area (Å²) < 4.78 is 5.14. The van der Waals surface area contributed by atoms with Crippen molar-refractivity contribution in [1.29, 1.82) is 0 Å². The second-order valence-electron chi connectivity index (χ2n) is 8.44. The summed E-state index contributed by atoms with van der Waals surface area (Å²) >= 11 is 0. The van der Waals surface area contributed by atoms with E-state index in [2.05, 4.69) is 16.0 Å². The number of hydrogen-bond donors (Lipinski definition) is 3. The number of ether oxygens (including phenoxy) is 1. The Morgan fingerprint density at radius 2 is 1.61 bits per heavy atom. The molecule has 1 atom stereocenters. The summed E-state index contributed by atoms with van der Waals surface area (Å²) in [5, 5.41) is 8.14. The van der Waals surface area contributed by atoms with E-state index in [-0.39, 0.29) is 17.2 Å². The number of hydrogen-bond acceptors (Lipinski definition) is 5. The molecule has 0 radical (unpaired) electrons. The molecule has 0 aromatic heterocycles. The van der Waals surface area contributed by atoms with Crippen LogP contribution in [0.4, 0.5) is 10.5 Å². The molecule has 0 saturated carbocycles. The standard InChI is InChI=1S/C27H26N4O5/c1-27(19-12-14-20(36-2)15-13-19)25(34)31(26(35)30-27)17-23(32)29-22-11-7-6-10-21(22)24(33)28-16-18-8-4-3-5-9-18/h3-15H,16-17H2,1-2H3,(H,28,33)(H,29,32)(H,30,35). The van der Waals surface area contributed by atoms with Crippen LogP contribution in [0, 0.1) is 0 Å². The second kappa shape index (κ2) is 10.3. The van der Waals surface area contributed by atoms with Gasteiger partial charge in [-0.2, -0.15) is 0 Å². The first-order chi connectivity index (χ1) is 17.3. The average Bonchev–Trinajstić information content (AvgIpc) is 3.12. The third-order valence-corrected chi connectivity index (χ3v) is 5.99. The Hall–Kier alpha value is -4.66. The summed E-state index contributed by atoms with van der Waals surface area (Å²) in [7, 11) is 1.53. The van der Waals surface area contributed by atoms with Crippen LogP contribution in [0.5, 0.6) is 5.75 Å². The number of carbonyl (C=O) groups is 4. The Morgan fingerprint density at radius 1 is 0.944 bits per heavy atom. The van der Waals surface area contributed by atoms with E-state index in [1.165, 1.54) is 7.11 Å². The van der Waals surface area contributed by atoms with Crippen molar-refractivity contribution in [3.63, 3.8) is 0 Å². The summed E-state index contributed by atoms with van der Waals surface area (Å²) in [6, 6.07) is 22.0. The summed E-state index contributed by atoms with van der Waals surface area (Å²) in [5.41, 5.74) is 0.717. The quantitative estimate of drug-likeness (QED) is 0.423. The van der Waals surface area contributed by atoms with Crippen LogP contribution >= 0.6 is 0 Å². The van der Waals surface area contributed by atoms with Gasteiger partial charge >= 0.3 is 6.03 Å². The highest BCUT2D eigenvalue weighted by Gasteiger charge is 2.49. The predicted molar refractivity (Wildman–Crippen MR) is 133 cm³/mol. The van der Waals surface area contributed by atoms with E-state index in [9.17, 15) is 19.2 Å². The molecule has 1 unspecified atom stereocenters. The maximum Gasteiger partial charge on any atom is 0.325 e. The summed E-state index contributed by atoms with van der Waals surface area (Å²) in [6.07, 6.45) is 0. The molecule has 0 spiro atoms. The largest absolute Gasteiger partial charge is 0.497 e. The SMILES string of the molecule is COc1ccc(C2(C)NC(=O)N(CC(=O)Nc3ccccc3C(=O)NCc3ccccc3)C2=O)cc1. The minimum absolute atomic E-state index is 0.266. The van der Waals surface area contributed by atoms with Gasteiger partial charge in [0.1, 0.15) is 17.8 Å². The van der Waals surface area contributed by atoms with E-state index < -0.39 is 29.9 Å². The van der Waals surface area contributed by atoms with Gasteiger partial charge in [0.05, 0.1) is 18.4 Å². The van der Waals surface area contributed by atoms with Gasteiger partial charge in [0.25, 0.3) is 11.8 Å². The van der Waals surface area contributed by atoms with Crippen molar-refractivity contribution in [2.45, 2.75) is 19.0 Å². The van der Waals surface area contributed by atoms with Gasteiger partial charge < -0.3 is 20.7 Å². The van der Waals surface area contributed by atoms with Crippen LogP contribution in [-0.2, 0) is 21.7 Å². The first-order valence-corrected chi connectivity index (χ1v) is 11.3. The monoisotopic (exact) mass is 486 g/mol. The zero-order chi connectivity index (χ0) is 25.7. The van der Waals surface area contributed by atoms with Crippen LogP contribution < -0.4 is 20.7 Å². The lowest BCUT2D eigenvalue weighted by Crippen LogP contribution is -2.42. The molecular weight excluding hydrogens is 460 g/mol. The molecule has 1 aliphatic heterocycles. The van der Waals surface area contributed by atoms with Gasteiger partial charge in [-0.1, -0.05) is 54.6 Å². The number of rotatable bonds is 8. The molecule has 36 heavy (non-hydrogen) atoms.